The number of halogens is 1. The average Bonchev–Trinajstić information content (AvgIpc) is 3.48. The van der Waals surface area contributed by atoms with E-state index in [-0.39, 0.29) is 30.0 Å². The second-order valence-electron chi connectivity index (χ2n) is 8.25. The lowest BCUT2D eigenvalue weighted by molar-refractivity contribution is 0.391. The summed E-state index contributed by atoms with van der Waals surface area (Å²) in [6, 6.07) is 4.51. The molecule has 3 aromatic rings. The minimum absolute atomic E-state index is 0. The number of guanidine groups is 1. The van der Waals surface area contributed by atoms with Gasteiger partial charge in [0.15, 0.2) is 17.6 Å². The molecule has 3 aromatic heterocycles. The van der Waals surface area contributed by atoms with Crippen LogP contribution < -0.4 is 10.6 Å². The number of aryl methyl sites for hydroxylation is 2. The van der Waals surface area contributed by atoms with Crippen molar-refractivity contribution in [3.05, 3.63) is 45.7 Å². The number of thiophene rings is 1. The quantitative estimate of drug-likeness (QED) is 0.258. The molecular formula is C21H32IN9S. The summed E-state index contributed by atoms with van der Waals surface area (Å²) in [4.78, 5) is 10.9. The van der Waals surface area contributed by atoms with E-state index in [9.17, 15) is 0 Å². The van der Waals surface area contributed by atoms with Crippen molar-refractivity contribution >= 4 is 41.3 Å². The predicted molar refractivity (Wildman–Crippen MR) is 138 cm³/mol. The summed E-state index contributed by atoms with van der Waals surface area (Å²) in [5.41, 5.74) is 0. The Balaban J connectivity index is 0.00000289. The van der Waals surface area contributed by atoms with E-state index in [1.54, 1.807) is 11.3 Å². The van der Waals surface area contributed by atoms with Gasteiger partial charge in [0.25, 0.3) is 0 Å². The lowest BCUT2D eigenvalue weighted by Crippen LogP contribution is -2.47. The first-order chi connectivity index (χ1) is 15.0. The molecule has 0 amide bonds. The third-order valence-corrected chi connectivity index (χ3v) is 6.47. The Kier molecular flexibility index (Phi) is 8.63. The van der Waals surface area contributed by atoms with Crippen LogP contribution in [0.5, 0.6) is 0 Å². The number of nitrogens with zero attached hydrogens (tertiary/aromatic N) is 7. The molecule has 0 bridgehead atoms. The van der Waals surface area contributed by atoms with Gasteiger partial charge in [0.1, 0.15) is 18.2 Å². The molecule has 1 aliphatic rings. The zero-order chi connectivity index (χ0) is 21.8. The normalized spacial score (nSPS) is 16.0. The topological polar surface area (TPSA) is 97.8 Å². The molecule has 4 heterocycles. The molecular weight excluding hydrogens is 537 g/mol. The largest absolute Gasteiger partial charge is 0.356 e. The Labute approximate surface area is 210 Å². The van der Waals surface area contributed by atoms with Crippen LogP contribution in [0.2, 0.25) is 0 Å². The third kappa shape index (κ3) is 6.06. The third-order valence-electron chi connectivity index (χ3n) is 5.54. The van der Waals surface area contributed by atoms with Crippen LogP contribution in [-0.2, 0) is 33.0 Å². The van der Waals surface area contributed by atoms with Crippen molar-refractivity contribution in [2.75, 3.05) is 6.54 Å². The van der Waals surface area contributed by atoms with E-state index in [4.69, 9.17) is 15.1 Å². The second-order valence-corrected chi connectivity index (χ2v) is 9.28. The van der Waals surface area contributed by atoms with Gasteiger partial charge in [-0.25, -0.2) is 14.7 Å². The number of nitrogens with one attached hydrogen (secondary N) is 2. The van der Waals surface area contributed by atoms with Crippen LogP contribution in [0.4, 0.5) is 0 Å². The molecule has 32 heavy (non-hydrogen) atoms. The predicted octanol–water partition coefficient (Wildman–Crippen LogP) is 2.81. The fourth-order valence-corrected chi connectivity index (χ4v) is 4.24. The zero-order valence-electron chi connectivity index (χ0n) is 19.1. The van der Waals surface area contributed by atoms with E-state index in [1.807, 2.05) is 23.2 Å². The van der Waals surface area contributed by atoms with Crippen LogP contribution in [0.15, 0.2) is 22.5 Å². The van der Waals surface area contributed by atoms with E-state index in [2.05, 4.69) is 52.2 Å². The Morgan fingerprint density at radius 1 is 1.34 bits per heavy atom. The summed E-state index contributed by atoms with van der Waals surface area (Å²) < 4.78 is 4.02. The number of hydrogen-bond donors (Lipinski definition) is 2. The van der Waals surface area contributed by atoms with Crippen LogP contribution in [-0.4, -0.2) is 48.1 Å². The molecule has 1 atom stereocenters. The van der Waals surface area contributed by atoms with Gasteiger partial charge in [-0.05, 0) is 31.2 Å². The van der Waals surface area contributed by atoms with Gasteiger partial charge in [0, 0.05) is 36.9 Å². The van der Waals surface area contributed by atoms with Crippen LogP contribution in [0.1, 0.15) is 54.4 Å². The fourth-order valence-electron chi connectivity index (χ4n) is 3.53. The number of aromatic nitrogens is 6. The minimum atomic E-state index is 0. The van der Waals surface area contributed by atoms with Gasteiger partial charge in [-0.1, -0.05) is 19.9 Å². The van der Waals surface area contributed by atoms with E-state index in [0.717, 1.165) is 61.6 Å². The second kappa shape index (κ2) is 11.2. The minimum Gasteiger partial charge on any atom is -0.356 e. The summed E-state index contributed by atoms with van der Waals surface area (Å²) >= 11 is 1.78. The lowest BCUT2D eigenvalue weighted by Gasteiger charge is -2.25. The van der Waals surface area contributed by atoms with Gasteiger partial charge in [0.05, 0.1) is 6.54 Å². The van der Waals surface area contributed by atoms with E-state index >= 15 is 0 Å². The Morgan fingerprint density at radius 3 is 2.88 bits per heavy atom. The number of rotatable bonds is 7. The number of aliphatic imine (C=N–C) groups is 1. The van der Waals surface area contributed by atoms with Gasteiger partial charge in [0.2, 0.25) is 0 Å². The molecule has 174 valence electrons. The smallest absolute Gasteiger partial charge is 0.192 e. The highest BCUT2D eigenvalue weighted by Gasteiger charge is 2.23. The van der Waals surface area contributed by atoms with Gasteiger partial charge in [-0.3, -0.25) is 0 Å². The SMILES string of the molecule is Cc1nnc(CN=C(NCCc2cccs2)NC2CCc3nc(C(C)C)nn3C2)n1C.I. The summed E-state index contributed by atoms with van der Waals surface area (Å²) in [7, 11) is 1.97. The van der Waals surface area contributed by atoms with Crippen LogP contribution >= 0.6 is 35.3 Å². The monoisotopic (exact) mass is 569 g/mol. The van der Waals surface area contributed by atoms with Crippen LogP contribution in [0.3, 0.4) is 0 Å². The molecule has 11 heteroatoms. The first-order valence-electron chi connectivity index (χ1n) is 10.9. The highest BCUT2D eigenvalue weighted by Crippen LogP contribution is 2.17. The van der Waals surface area contributed by atoms with E-state index < -0.39 is 0 Å². The average molecular weight is 570 g/mol. The Hall–Kier alpha value is -2.02. The molecule has 0 aliphatic carbocycles. The van der Waals surface area contributed by atoms with Gasteiger partial charge in [-0.15, -0.1) is 45.5 Å². The Bertz CT molecular complexity index is 1020. The van der Waals surface area contributed by atoms with Crippen molar-refractivity contribution < 1.29 is 0 Å². The number of hydrogen-bond acceptors (Lipinski definition) is 6. The molecule has 0 radical (unpaired) electrons. The van der Waals surface area contributed by atoms with Crippen LogP contribution in [0, 0.1) is 6.92 Å². The zero-order valence-corrected chi connectivity index (χ0v) is 22.2. The van der Waals surface area contributed by atoms with Crippen molar-refractivity contribution in [1.29, 1.82) is 0 Å². The standard InChI is InChI=1S/C21H31N9S.HI/c1-14(2)20-25-18-8-7-16(13-30(18)28-20)24-21(22-10-9-17-6-5-11-31-17)23-12-19-27-26-15(3)29(19)4;/h5-6,11,14,16H,7-10,12-13H2,1-4H3,(H2,22,23,24);1H. The van der Waals surface area contributed by atoms with Gasteiger partial charge < -0.3 is 15.2 Å². The first kappa shape index (κ1) is 24.6. The summed E-state index contributed by atoms with van der Waals surface area (Å²) in [6.07, 6.45) is 2.89. The molecule has 2 N–H and O–H groups in total. The van der Waals surface area contributed by atoms with Crippen LogP contribution in [0.25, 0.3) is 0 Å². The van der Waals surface area contributed by atoms with Gasteiger partial charge in [-0.2, -0.15) is 5.10 Å². The van der Waals surface area contributed by atoms with Crippen molar-refractivity contribution in [3.8, 4) is 0 Å². The van der Waals surface area contributed by atoms with E-state index in [0.29, 0.717) is 12.5 Å². The summed E-state index contributed by atoms with van der Waals surface area (Å²) in [5, 5.41) is 22.3. The maximum atomic E-state index is 4.80. The Morgan fingerprint density at radius 2 is 2.19 bits per heavy atom. The number of fused-ring (bicyclic) bond motifs is 1. The van der Waals surface area contributed by atoms with Crippen molar-refractivity contribution in [2.45, 2.75) is 65.1 Å². The molecule has 0 spiro atoms. The maximum absolute atomic E-state index is 4.80. The summed E-state index contributed by atoms with van der Waals surface area (Å²) in [6.45, 7) is 8.31. The van der Waals surface area contributed by atoms with Gasteiger partial charge >= 0.3 is 0 Å². The molecule has 0 saturated heterocycles. The lowest BCUT2D eigenvalue weighted by atomic mass is 10.1. The first-order valence-corrected chi connectivity index (χ1v) is 11.7. The summed E-state index contributed by atoms with van der Waals surface area (Å²) in [5.74, 6) is 4.89. The highest BCUT2D eigenvalue weighted by molar-refractivity contribution is 14.0. The van der Waals surface area contributed by atoms with Crippen molar-refractivity contribution in [2.24, 2.45) is 12.0 Å². The van der Waals surface area contributed by atoms with Crippen molar-refractivity contribution in [3.63, 3.8) is 0 Å². The van der Waals surface area contributed by atoms with E-state index in [1.165, 1.54) is 4.88 Å². The highest BCUT2D eigenvalue weighted by atomic mass is 127. The fraction of sp³-hybridized carbons (Fsp3) is 0.571. The molecule has 4 rings (SSSR count). The molecule has 0 aromatic carbocycles. The maximum Gasteiger partial charge on any atom is 0.192 e. The van der Waals surface area contributed by atoms with Crippen molar-refractivity contribution in [1.82, 2.24) is 40.2 Å². The molecule has 1 unspecified atom stereocenters. The molecule has 9 nitrogen and oxygen atoms in total. The molecule has 0 saturated carbocycles. The molecule has 1 aliphatic heterocycles. The molecule has 0 fully saturated rings.